The lowest BCUT2D eigenvalue weighted by molar-refractivity contribution is 0.436. The average molecular weight is 282 g/mol. The molecule has 0 saturated heterocycles. The molecular weight excluding hydrogens is 268 g/mol. The second-order valence-corrected chi connectivity index (χ2v) is 5.30. The number of furan rings is 2. The van der Waals surface area contributed by atoms with Gasteiger partial charge >= 0.3 is 0 Å². The van der Waals surface area contributed by atoms with Crippen LogP contribution in [-0.2, 0) is 0 Å². The summed E-state index contributed by atoms with van der Waals surface area (Å²) in [6, 6.07) is 4.00. The lowest BCUT2D eigenvalue weighted by Crippen LogP contribution is -1.87. The van der Waals surface area contributed by atoms with Crippen molar-refractivity contribution in [3.8, 4) is 11.1 Å². The standard InChI is InChI=1S/C16H14N2O3/c1-7-4-10-9(3)14-11(5-8(2)19-14)13(15(10)20-7)12-6-18-21-16(12)17/h4-6H,17H2,1-3H3. The van der Waals surface area contributed by atoms with Gasteiger partial charge in [0, 0.05) is 21.9 Å². The first-order valence-corrected chi connectivity index (χ1v) is 6.69. The molecule has 0 fully saturated rings. The Hall–Kier alpha value is -2.69. The molecule has 0 atom stereocenters. The summed E-state index contributed by atoms with van der Waals surface area (Å²) in [7, 11) is 0. The molecule has 4 rings (SSSR count). The highest BCUT2D eigenvalue weighted by Crippen LogP contribution is 2.43. The Kier molecular flexibility index (Phi) is 2.25. The van der Waals surface area contributed by atoms with Crippen LogP contribution in [0.2, 0.25) is 0 Å². The number of hydrogen-bond acceptors (Lipinski definition) is 5. The van der Waals surface area contributed by atoms with Crippen LogP contribution in [0.5, 0.6) is 0 Å². The molecule has 0 aliphatic heterocycles. The quantitative estimate of drug-likeness (QED) is 0.561. The molecular formula is C16H14N2O3. The van der Waals surface area contributed by atoms with Gasteiger partial charge in [-0.05, 0) is 32.9 Å². The monoisotopic (exact) mass is 282 g/mol. The molecule has 21 heavy (non-hydrogen) atoms. The van der Waals surface area contributed by atoms with Crippen molar-refractivity contribution in [3.63, 3.8) is 0 Å². The molecule has 5 heteroatoms. The zero-order valence-electron chi connectivity index (χ0n) is 12.0. The third-order valence-corrected chi connectivity index (χ3v) is 3.82. The van der Waals surface area contributed by atoms with Crippen molar-refractivity contribution in [1.82, 2.24) is 5.16 Å². The number of nitrogens with zero attached hydrogens (tertiary/aromatic N) is 1. The molecule has 4 aromatic rings. The van der Waals surface area contributed by atoms with Crippen molar-refractivity contribution in [2.24, 2.45) is 0 Å². The second kappa shape index (κ2) is 3.91. The van der Waals surface area contributed by atoms with Gasteiger partial charge < -0.3 is 19.1 Å². The van der Waals surface area contributed by atoms with Crippen LogP contribution in [0.25, 0.3) is 33.1 Å². The van der Waals surface area contributed by atoms with E-state index in [1.165, 1.54) is 0 Å². The Morgan fingerprint density at radius 2 is 1.62 bits per heavy atom. The Labute approximate surface area is 120 Å². The molecule has 0 aliphatic carbocycles. The number of benzene rings is 1. The van der Waals surface area contributed by atoms with Gasteiger partial charge in [-0.3, -0.25) is 0 Å². The van der Waals surface area contributed by atoms with Crippen LogP contribution >= 0.6 is 0 Å². The van der Waals surface area contributed by atoms with Crippen LogP contribution in [0.3, 0.4) is 0 Å². The van der Waals surface area contributed by atoms with Gasteiger partial charge in [-0.15, -0.1) is 0 Å². The zero-order valence-corrected chi connectivity index (χ0v) is 12.0. The third-order valence-electron chi connectivity index (χ3n) is 3.82. The van der Waals surface area contributed by atoms with Gasteiger partial charge in [0.15, 0.2) is 0 Å². The smallest absolute Gasteiger partial charge is 0.230 e. The van der Waals surface area contributed by atoms with E-state index in [1.54, 1.807) is 6.20 Å². The largest absolute Gasteiger partial charge is 0.461 e. The summed E-state index contributed by atoms with van der Waals surface area (Å²) in [6.45, 7) is 5.88. The summed E-state index contributed by atoms with van der Waals surface area (Å²) >= 11 is 0. The first-order chi connectivity index (χ1) is 10.1. The zero-order chi connectivity index (χ0) is 14.7. The number of hydrogen-bond donors (Lipinski definition) is 1. The van der Waals surface area contributed by atoms with Crippen LogP contribution in [0, 0.1) is 20.8 Å². The molecule has 0 spiro atoms. The maximum atomic E-state index is 5.91. The molecule has 0 saturated carbocycles. The van der Waals surface area contributed by atoms with Crippen LogP contribution < -0.4 is 5.73 Å². The lowest BCUT2D eigenvalue weighted by atomic mass is 9.98. The van der Waals surface area contributed by atoms with Gasteiger partial charge in [0.1, 0.15) is 22.7 Å². The van der Waals surface area contributed by atoms with Crippen LogP contribution in [0.1, 0.15) is 17.1 Å². The summed E-state index contributed by atoms with van der Waals surface area (Å²) in [5.41, 5.74) is 10.2. The van der Waals surface area contributed by atoms with Crippen molar-refractivity contribution in [2.75, 3.05) is 5.73 Å². The van der Waals surface area contributed by atoms with E-state index in [0.717, 1.165) is 50.1 Å². The van der Waals surface area contributed by atoms with Gasteiger partial charge in [-0.1, -0.05) is 5.16 Å². The van der Waals surface area contributed by atoms with E-state index in [2.05, 4.69) is 5.16 Å². The molecule has 0 aliphatic rings. The van der Waals surface area contributed by atoms with Crippen LogP contribution in [-0.4, -0.2) is 5.16 Å². The molecule has 0 bridgehead atoms. The number of nitrogen functional groups attached to an aromatic ring is 1. The van der Waals surface area contributed by atoms with Crippen molar-refractivity contribution >= 4 is 27.8 Å². The fraction of sp³-hybridized carbons (Fsp3) is 0.188. The number of anilines is 1. The number of nitrogens with two attached hydrogens (primary N) is 1. The minimum absolute atomic E-state index is 0.273. The number of rotatable bonds is 1. The molecule has 0 amide bonds. The van der Waals surface area contributed by atoms with E-state index in [0.29, 0.717) is 0 Å². The van der Waals surface area contributed by atoms with Crippen molar-refractivity contribution in [2.45, 2.75) is 20.8 Å². The first kappa shape index (κ1) is 12.1. The van der Waals surface area contributed by atoms with E-state index in [4.69, 9.17) is 19.1 Å². The fourth-order valence-electron chi connectivity index (χ4n) is 2.91. The highest BCUT2D eigenvalue weighted by Gasteiger charge is 2.22. The molecule has 0 radical (unpaired) electrons. The van der Waals surface area contributed by atoms with Crippen molar-refractivity contribution in [1.29, 1.82) is 0 Å². The Bertz CT molecular complexity index is 930. The molecule has 106 valence electrons. The molecule has 3 heterocycles. The van der Waals surface area contributed by atoms with Gasteiger partial charge in [-0.25, -0.2) is 0 Å². The molecule has 0 unspecified atom stereocenters. The Morgan fingerprint density at radius 1 is 0.952 bits per heavy atom. The molecule has 3 aromatic heterocycles. The molecule has 1 aromatic carbocycles. The topological polar surface area (TPSA) is 78.3 Å². The van der Waals surface area contributed by atoms with E-state index < -0.39 is 0 Å². The normalized spacial score (nSPS) is 11.8. The summed E-state index contributed by atoms with van der Waals surface area (Å²) in [6.07, 6.45) is 1.61. The highest BCUT2D eigenvalue weighted by molar-refractivity contribution is 6.12. The van der Waals surface area contributed by atoms with Gasteiger partial charge in [0.05, 0.1) is 11.8 Å². The van der Waals surface area contributed by atoms with Gasteiger partial charge in [-0.2, -0.15) is 0 Å². The average Bonchev–Trinajstić information content (AvgIpc) is 3.10. The Balaban J connectivity index is 2.29. The van der Waals surface area contributed by atoms with Crippen LogP contribution in [0.15, 0.2) is 31.7 Å². The van der Waals surface area contributed by atoms with Crippen LogP contribution in [0.4, 0.5) is 5.88 Å². The third kappa shape index (κ3) is 1.54. The van der Waals surface area contributed by atoms with E-state index >= 15 is 0 Å². The van der Waals surface area contributed by atoms with E-state index in [1.807, 2.05) is 32.9 Å². The number of aromatic nitrogens is 1. The van der Waals surface area contributed by atoms with Gasteiger partial charge in [0.2, 0.25) is 5.88 Å². The Morgan fingerprint density at radius 3 is 2.29 bits per heavy atom. The first-order valence-electron chi connectivity index (χ1n) is 6.69. The fourth-order valence-corrected chi connectivity index (χ4v) is 2.91. The second-order valence-electron chi connectivity index (χ2n) is 5.30. The summed E-state index contributed by atoms with van der Waals surface area (Å²) < 4.78 is 16.8. The predicted molar refractivity (Wildman–Crippen MR) is 80.1 cm³/mol. The number of fused-ring (bicyclic) bond motifs is 2. The van der Waals surface area contributed by atoms with Crippen molar-refractivity contribution < 1.29 is 13.4 Å². The minimum Gasteiger partial charge on any atom is -0.461 e. The summed E-state index contributed by atoms with van der Waals surface area (Å²) in [5.74, 6) is 1.96. The summed E-state index contributed by atoms with van der Waals surface area (Å²) in [4.78, 5) is 0. The maximum absolute atomic E-state index is 5.91. The van der Waals surface area contributed by atoms with E-state index in [-0.39, 0.29) is 5.88 Å². The summed E-state index contributed by atoms with van der Waals surface area (Å²) in [5, 5.41) is 5.75. The SMILES string of the molecule is Cc1cc2c(-c3cnoc3N)c3oc(C)cc3c(C)c2o1. The molecule has 5 nitrogen and oxygen atoms in total. The minimum atomic E-state index is 0.273. The lowest BCUT2D eigenvalue weighted by Gasteiger charge is -2.05. The van der Waals surface area contributed by atoms with Gasteiger partial charge in [0.25, 0.3) is 0 Å². The predicted octanol–water partition coefficient (Wildman–Crippen LogP) is 4.34. The highest BCUT2D eigenvalue weighted by atomic mass is 16.5. The molecule has 2 N–H and O–H groups in total. The van der Waals surface area contributed by atoms with Crippen molar-refractivity contribution in [3.05, 3.63) is 35.4 Å². The number of aryl methyl sites for hydroxylation is 3. The van der Waals surface area contributed by atoms with E-state index in [9.17, 15) is 0 Å². The maximum Gasteiger partial charge on any atom is 0.230 e.